The number of nitrogen functional groups attached to an aromatic ring is 1. The Labute approximate surface area is 188 Å². The summed E-state index contributed by atoms with van der Waals surface area (Å²) in [6, 6.07) is 12.5. The van der Waals surface area contributed by atoms with Crippen LogP contribution in [0.15, 0.2) is 42.6 Å². The lowest BCUT2D eigenvalue weighted by Gasteiger charge is -2.33. The molecule has 3 heterocycles. The molecule has 1 saturated heterocycles. The predicted molar refractivity (Wildman–Crippen MR) is 124 cm³/mol. The van der Waals surface area contributed by atoms with Crippen LogP contribution in [0.25, 0.3) is 0 Å². The maximum atomic E-state index is 13.1. The van der Waals surface area contributed by atoms with Crippen molar-refractivity contribution in [2.24, 2.45) is 0 Å². The number of anilines is 1. The fraction of sp³-hybridized carbons (Fsp3) is 0.360. The maximum absolute atomic E-state index is 13.1. The number of hydrogen-bond donors (Lipinski definition) is 1. The minimum absolute atomic E-state index is 0.0432. The van der Waals surface area contributed by atoms with Crippen LogP contribution in [0.4, 0.5) is 5.95 Å². The molecule has 1 unspecified atom stereocenters. The number of pyridine rings is 1. The van der Waals surface area contributed by atoms with Gasteiger partial charge in [-0.3, -0.25) is 9.78 Å². The first-order chi connectivity index (χ1) is 15.4. The summed E-state index contributed by atoms with van der Waals surface area (Å²) in [5.74, 6) is 1.20. The van der Waals surface area contributed by atoms with Gasteiger partial charge >= 0.3 is 0 Å². The van der Waals surface area contributed by atoms with Gasteiger partial charge in [-0.15, -0.1) is 0 Å². The van der Waals surface area contributed by atoms with Gasteiger partial charge in [0.25, 0.3) is 5.91 Å². The van der Waals surface area contributed by atoms with E-state index >= 15 is 0 Å². The molecule has 0 saturated carbocycles. The topological polar surface area (TPSA) is 94.2 Å². The van der Waals surface area contributed by atoms with Crippen molar-refractivity contribution in [3.05, 3.63) is 76.4 Å². The number of nitrogens with zero attached hydrogens (tertiary/aromatic N) is 4. The zero-order chi connectivity index (χ0) is 22.7. The third kappa shape index (κ3) is 4.88. The van der Waals surface area contributed by atoms with Crippen LogP contribution in [0.5, 0.6) is 5.75 Å². The van der Waals surface area contributed by atoms with Gasteiger partial charge in [0.05, 0.1) is 18.4 Å². The van der Waals surface area contributed by atoms with Crippen molar-refractivity contribution in [1.82, 2.24) is 19.9 Å². The van der Waals surface area contributed by atoms with E-state index in [-0.39, 0.29) is 17.8 Å². The second-order valence-corrected chi connectivity index (χ2v) is 8.38. The number of methoxy groups -OCH3 is 1. The van der Waals surface area contributed by atoms with Gasteiger partial charge in [0, 0.05) is 36.6 Å². The molecule has 2 aromatic heterocycles. The number of benzene rings is 1. The molecule has 7 nitrogen and oxygen atoms in total. The number of likely N-dealkylation sites (tertiary alicyclic amines) is 1. The smallest absolute Gasteiger partial charge is 0.257 e. The number of carbonyl (C=O) groups is 1. The van der Waals surface area contributed by atoms with Gasteiger partial charge in [-0.1, -0.05) is 12.1 Å². The van der Waals surface area contributed by atoms with E-state index in [0.29, 0.717) is 17.8 Å². The molecule has 4 rings (SSSR count). The number of carbonyl (C=O) groups excluding carboxylic acids is 1. The maximum Gasteiger partial charge on any atom is 0.257 e. The minimum Gasteiger partial charge on any atom is -0.497 e. The molecule has 1 atom stereocenters. The average molecular weight is 432 g/mol. The van der Waals surface area contributed by atoms with E-state index < -0.39 is 0 Å². The number of amides is 1. The first-order valence-corrected chi connectivity index (χ1v) is 10.9. The summed E-state index contributed by atoms with van der Waals surface area (Å²) in [6.07, 6.45) is 4.31. The van der Waals surface area contributed by atoms with Crippen molar-refractivity contribution in [2.75, 3.05) is 25.9 Å². The van der Waals surface area contributed by atoms with Gasteiger partial charge in [0.2, 0.25) is 5.95 Å². The van der Waals surface area contributed by atoms with Crippen molar-refractivity contribution in [1.29, 1.82) is 0 Å². The SMILES string of the molecule is COc1ccc(Cc2cc(C)nc(C3CCCN(C(=O)c4cnc(N)nc4C)C3)c2)cc1. The average Bonchev–Trinajstić information content (AvgIpc) is 2.79. The van der Waals surface area contributed by atoms with E-state index in [0.717, 1.165) is 42.9 Å². The molecule has 1 amide bonds. The highest BCUT2D eigenvalue weighted by Crippen LogP contribution is 2.28. The molecule has 166 valence electrons. The lowest BCUT2D eigenvalue weighted by atomic mass is 9.92. The number of aromatic nitrogens is 3. The van der Waals surface area contributed by atoms with Crippen LogP contribution in [0.2, 0.25) is 0 Å². The first kappa shape index (κ1) is 21.7. The number of ether oxygens (including phenoxy) is 1. The highest BCUT2D eigenvalue weighted by atomic mass is 16.5. The highest BCUT2D eigenvalue weighted by molar-refractivity contribution is 5.95. The van der Waals surface area contributed by atoms with E-state index in [2.05, 4.69) is 34.2 Å². The Morgan fingerprint density at radius 3 is 2.66 bits per heavy atom. The number of hydrogen-bond acceptors (Lipinski definition) is 6. The molecule has 1 aliphatic rings. The Hall–Kier alpha value is -3.48. The van der Waals surface area contributed by atoms with E-state index in [1.165, 1.54) is 17.3 Å². The summed E-state index contributed by atoms with van der Waals surface area (Å²) in [4.78, 5) is 28.0. The van der Waals surface area contributed by atoms with Crippen molar-refractivity contribution in [2.45, 2.75) is 39.0 Å². The van der Waals surface area contributed by atoms with Crippen molar-refractivity contribution in [3.63, 3.8) is 0 Å². The third-order valence-electron chi connectivity index (χ3n) is 5.96. The van der Waals surface area contributed by atoms with Crippen molar-refractivity contribution in [3.8, 4) is 5.75 Å². The lowest BCUT2D eigenvalue weighted by molar-refractivity contribution is 0.0704. The number of aryl methyl sites for hydroxylation is 2. The van der Waals surface area contributed by atoms with Gasteiger partial charge in [0.1, 0.15) is 5.75 Å². The van der Waals surface area contributed by atoms with E-state index in [4.69, 9.17) is 15.5 Å². The monoisotopic (exact) mass is 431 g/mol. The van der Waals surface area contributed by atoms with Gasteiger partial charge in [-0.05, 0) is 68.5 Å². The summed E-state index contributed by atoms with van der Waals surface area (Å²) >= 11 is 0. The highest BCUT2D eigenvalue weighted by Gasteiger charge is 2.28. The Balaban J connectivity index is 1.51. The fourth-order valence-corrected chi connectivity index (χ4v) is 4.33. The third-order valence-corrected chi connectivity index (χ3v) is 5.96. The molecule has 2 N–H and O–H groups in total. The van der Waals surface area contributed by atoms with Gasteiger partial charge in [-0.25, -0.2) is 9.97 Å². The van der Waals surface area contributed by atoms with Crippen LogP contribution in [-0.2, 0) is 6.42 Å². The van der Waals surface area contributed by atoms with Gasteiger partial charge in [0.15, 0.2) is 0 Å². The molecule has 3 aromatic rings. The summed E-state index contributed by atoms with van der Waals surface area (Å²) in [5, 5.41) is 0. The summed E-state index contributed by atoms with van der Waals surface area (Å²) < 4.78 is 5.26. The van der Waals surface area contributed by atoms with Crippen molar-refractivity contribution >= 4 is 11.9 Å². The molecule has 1 fully saturated rings. The molecule has 0 spiro atoms. The quantitative estimate of drug-likeness (QED) is 0.662. The number of piperidine rings is 1. The zero-order valence-electron chi connectivity index (χ0n) is 18.8. The lowest BCUT2D eigenvalue weighted by Crippen LogP contribution is -2.39. The Morgan fingerprint density at radius 1 is 1.16 bits per heavy atom. The van der Waals surface area contributed by atoms with Crippen LogP contribution >= 0.6 is 0 Å². The standard InChI is InChI=1S/C25H29N5O2/c1-16-11-19(12-18-6-8-21(32-3)9-7-18)13-23(28-16)20-5-4-10-30(15-20)24(31)22-14-27-25(26)29-17(22)2/h6-9,11,13-14,20H,4-5,10,12,15H2,1-3H3,(H2,26,27,29). The van der Waals surface area contributed by atoms with Crippen LogP contribution < -0.4 is 10.5 Å². The summed E-state index contributed by atoms with van der Waals surface area (Å²) in [6.45, 7) is 5.19. The van der Waals surface area contributed by atoms with Crippen molar-refractivity contribution < 1.29 is 9.53 Å². The van der Waals surface area contributed by atoms with Crippen LogP contribution in [-0.4, -0.2) is 46.0 Å². The first-order valence-electron chi connectivity index (χ1n) is 10.9. The molecule has 32 heavy (non-hydrogen) atoms. The molecule has 1 aliphatic heterocycles. The zero-order valence-corrected chi connectivity index (χ0v) is 18.8. The summed E-state index contributed by atoms with van der Waals surface area (Å²) in [5.41, 5.74) is 11.3. The van der Waals surface area contributed by atoms with Gasteiger partial charge < -0.3 is 15.4 Å². The fourth-order valence-electron chi connectivity index (χ4n) is 4.33. The summed E-state index contributed by atoms with van der Waals surface area (Å²) in [7, 11) is 1.67. The normalized spacial score (nSPS) is 16.1. The van der Waals surface area contributed by atoms with Gasteiger partial charge in [-0.2, -0.15) is 0 Å². The Kier molecular flexibility index (Phi) is 6.35. The molecule has 0 radical (unpaired) electrons. The molecule has 1 aromatic carbocycles. The van der Waals surface area contributed by atoms with E-state index in [1.54, 1.807) is 14.0 Å². The minimum atomic E-state index is -0.0432. The van der Waals surface area contributed by atoms with Crippen LogP contribution in [0, 0.1) is 13.8 Å². The number of nitrogens with two attached hydrogens (primary N) is 1. The molecular weight excluding hydrogens is 402 g/mol. The largest absolute Gasteiger partial charge is 0.497 e. The van der Waals surface area contributed by atoms with E-state index in [9.17, 15) is 4.79 Å². The predicted octanol–water partition coefficient (Wildman–Crippen LogP) is 3.69. The molecule has 0 bridgehead atoms. The Morgan fingerprint density at radius 2 is 1.94 bits per heavy atom. The molecule has 7 heteroatoms. The molecule has 0 aliphatic carbocycles. The van der Waals surface area contributed by atoms with Crippen LogP contribution in [0.1, 0.15) is 57.3 Å². The second-order valence-electron chi connectivity index (χ2n) is 8.38. The van der Waals surface area contributed by atoms with E-state index in [1.807, 2.05) is 24.0 Å². The number of rotatable bonds is 5. The Bertz CT molecular complexity index is 1110. The van der Waals surface area contributed by atoms with Crippen LogP contribution in [0.3, 0.4) is 0 Å². The second kappa shape index (κ2) is 9.34. The molecular formula is C25H29N5O2.